The zero-order valence-corrected chi connectivity index (χ0v) is 22.5. The standard InChI is InChI=1S/C31H32O9/c1-21(2)29(33)38-19-5-18-37-26-12-8-24(9-13-26)31(35)40-28-15-14-27(20-22(28)3)39-30(34)23-6-10-25(11-7-23)36-17-4-16-32/h6-15,20,32H,1,4-5,16-19H2,2-3H3. The number of carbonyl (C=O) groups excluding carboxylic acids is 3. The van der Waals surface area contributed by atoms with Crippen LogP contribution in [0.5, 0.6) is 23.0 Å². The maximum absolute atomic E-state index is 12.6. The van der Waals surface area contributed by atoms with Gasteiger partial charge in [-0.05, 0) is 86.1 Å². The van der Waals surface area contributed by atoms with Crippen LogP contribution in [0.1, 0.15) is 46.0 Å². The first-order chi connectivity index (χ1) is 19.3. The number of aryl methyl sites for hydroxylation is 1. The van der Waals surface area contributed by atoms with Gasteiger partial charge in [-0.25, -0.2) is 14.4 Å². The number of ether oxygens (including phenoxy) is 5. The highest BCUT2D eigenvalue weighted by Gasteiger charge is 2.14. The Morgan fingerprint density at radius 3 is 1.77 bits per heavy atom. The first-order valence-electron chi connectivity index (χ1n) is 12.7. The number of hydrogen-bond donors (Lipinski definition) is 1. The second kappa shape index (κ2) is 15.1. The van der Waals surface area contributed by atoms with Gasteiger partial charge in [-0.15, -0.1) is 0 Å². The van der Waals surface area contributed by atoms with Gasteiger partial charge in [0, 0.05) is 25.0 Å². The number of aliphatic hydroxyl groups is 1. The molecule has 3 aromatic carbocycles. The van der Waals surface area contributed by atoms with Gasteiger partial charge in [0.25, 0.3) is 0 Å². The van der Waals surface area contributed by atoms with Gasteiger partial charge in [-0.3, -0.25) is 0 Å². The average molecular weight is 549 g/mol. The molecule has 210 valence electrons. The Hall–Kier alpha value is -4.63. The van der Waals surface area contributed by atoms with Crippen LogP contribution in [0, 0.1) is 6.92 Å². The molecule has 1 N–H and O–H groups in total. The van der Waals surface area contributed by atoms with Gasteiger partial charge in [-0.1, -0.05) is 6.58 Å². The van der Waals surface area contributed by atoms with E-state index >= 15 is 0 Å². The van der Waals surface area contributed by atoms with E-state index < -0.39 is 17.9 Å². The smallest absolute Gasteiger partial charge is 0.343 e. The van der Waals surface area contributed by atoms with Gasteiger partial charge < -0.3 is 28.8 Å². The molecule has 9 nitrogen and oxygen atoms in total. The zero-order chi connectivity index (χ0) is 28.9. The van der Waals surface area contributed by atoms with Gasteiger partial charge in [0.15, 0.2) is 0 Å². The third-order valence-electron chi connectivity index (χ3n) is 5.45. The number of rotatable bonds is 14. The van der Waals surface area contributed by atoms with Crippen LogP contribution in [0.3, 0.4) is 0 Å². The van der Waals surface area contributed by atoms with Crippen molar-refractivity contribution in [3.8, 4) is 23.0 Å². The quantitative estimate of drug-likeness (QED) is 0.127. The Kier molecular flexibility index (Phi) is 11.3. The lowest BCUT2D eigenvalue weighted by Gasteiger charge is -2.11. The topological polar surface area (TPSA) is 118 Å². The van der Waals surface area contributed by atoms with Crippen LogP contribution in [-0.2, 0) is 9.53 Å². The van der Waals surface area contributed by atoms with Crippen molar-refractivity contribution in [1.82, 2.24) is 0 Å². The normalized spacial score (nSPS) is 10.4. The predicted molar refractivity (Wildman–Crippen MR) is 147 cm³/mol. The Bertz CT molecular complexity index is 1310. The fraction of sp³-hybridized carbons (Fsp3) is 0.258. The molecule has 0 unspecified atom stereocenters. The van der Waals surface area contributed by atoms with Gasteiger partial charge in [-0.2, -0.15) is 0 Å². The highest BCUT2D eigenvalue weighted by Crippen LogP contribution is 2.25. The lowest BCUT2D eigenvalue weighted by atomic mass is 10.2. The fourth-order valence-corrected chi connectivity index (χ4v) is 3.29. The van der Waals surface area contributed by atoms with Crippen molar-refractivity contribution in [3.05, 3.63) is 95.6 Å². The molecule has 0 radical (unpaired) electrons. The van der Waals surface area contributed by atoms with Crippen molar-refractivity contribution in [1.29, 1.82) is 0 Å². The Balaban J connectivity index is 1.48. The molecular formula is C31H32O9. The van der Waals surface area contributed by atoms with Crippen LogP contribution >= 0.6 is 0 Å². The molecule has 0 bridgehead atoms. The molecule has 0 fully saturated rings. The SMILES string of the molecule is C=C(C)C(=O)OCCCOc1ccc(C(=O)Oc2ccc(OC(=O)c3ccc(OCCCO)cc3)cc2C)cc1. The Morgan fingerprint density at radius 2 is 1.25 bits per heavy atom. The molecule has 0 saturated heterocycles. The van der Waals surface area contributed by atoms with Gasteiger partial charge in [0.1, 0.15) is 23.0 Å². The van der Waals surface area contributed by atoms with Crippen molar-refractivity contribution in [2.45, 2.75) is 26.7 Å². The van der Waals surface area contributed by atoms with Crippen LogP contribution in [0.15, 0.2) is 78.9 Å². The third-order valence-corrected chi connectivity index (χ3v) is 5.45. The maximum atomic E-state index is 12.6. The van der Waals surface area contributed by atoms with Crippen LogP contribution in [0.2, 0.25) is 0 Å². The summed E-state index contributed by atoms with van der Waals surface area (Å²) in [5, 5.41) is 8.82. The summed E-state index contributed by atoms with van der Waals surface area (Å²) >= 11 is 0. The molecule has 0 aliphatic heterocycles. The summed E-state index contributed by atoms with van der Waals surface area (Å²) in [6.07, 6.45) is 1.04. The first-order valence-corrected chi connectivity index (χ1v) is 12.7. The zero-order valence-electron chi connectivity index (χ0n) is 22.5. The number of aliphatic hydroxyl groups excluding tert-OH is 1. The van der Waals surface area contributed by atoms with Gasteiger partial charge in [0.2, 0.25) is 0 Å². The van der Waals surface area contributed by atoms with Crippen LogP contribution in [-0.4, -0.2) is 49.4 Å². The first kappa shape index (κ1) is 29.9. The number of hydrogen-bond acceptors (Lipinski definition) is 9. The number of carbonyl (C=O) groups is 3. The molecule has 0 atom stereocenters. The summed E-state index contributed by atoms with van der Waals surface area (Å²) in [6.45, 7) is 7.84. The molecule has 0 spiro atoms. The summed E-state index contributed by atoms with van der Waals surface area (Å²) < 4.78 is 27.0. The summed E-state index contributed by atoms with van der Waals surface area (Å²) in [6, 6.07) is 17.7. The summed E-state index contributed by atoms with van der Waals surface area (Å²) in [5.41, 5.74) is 1.64. The van der Waals surface area contributed by atoms with E-state index in [1.54, 1.807) is 80.6 Å². The van der Waals surface area contributed by atoms with Crippen molar-refractivity contribution in [2.75, 3.05) is 26.4 Å². The highest BCUT2D eigenvalue weighted by atomic mass is 16.5. The largest absolute Gasteiger partial charge is 0.494 e. The van der Waals surface area contributed by atoms with E-state index in [2.05, 4.69) is 6.58 Å². The van der Waals surface area contributed by atoms with E-state index in [0.29, 0.717) is 71.3 Å². The molecule has 0 aromatic heterocycles. The van der Waals surface area contributed by atoms with E-state index in [4.69, 9.17) is 28.8 Å². The average Bonchev–Trinajstić information content (AvgIpc) is 2.95. The van der Waals surface area contributed by atoms with E-state index in [9.17, 15) is 14.4 Å². The predicted octanol–water partition coefficient (Wildman–Crippen LogP) is 5.08. The third kappa shape index (κ3) is 9.28. The molecule has 3 aromatic rings. The molecule has 0 heterocycles. The maximum Gasteiger partial charge on any atom is 0.343 e. The lowest BCUT2D eigenvalue weighted by molar-refractivity contribution is -0.139. The van der Waals surface area contributed by atoms with Gasteiger partial charge >= 0.3 is 17.9 Å². The highest BCUT2D eigenvalue weighted by molar-refractivity contribution is 5.92. The molecule has 3 rings (SSSR count). The monoisotopic (exact) mass is 548 g/mol. The van der Waals surface area contributed by atoms with Crippen molar-refractivity contribution in [2.24, 2.45) is 0 Å². The van der Waals surface area contributed by atoms with Crippen molar-refractivity contribution < 1.29 is 43.2 Å². The van der Waals surface area contributed by atoms with E-state index in [0.717, 1.165) is 0 Å². The minimum atomic E-state index is -0.549. The van der Waals surface area contributed by atoms with E-state index in [1.165, 1.54) is 0 Å². The number of benzene rings is 3. The van der Waals surface area contributed by atoms with Crippen molar-refractivity contribution in [3.63, 3.8) is 0 Å². The second-order valence-electron chi connectivity index (χ2n) is 8.80. The Morgan fingerprint density at radius 1 is 0.725 bits per heavy atom. The van der Waals surface area contributed by atoms with Crippen LogP contribution in [0.4, 0.5) is 0 Å². The minimum Gasteiger partial charge on any atom is -0.494 e. The van der Waals surface area contributed by atoms with Crippen LogP contribution < -0.4 is 18.9 Å². The molecule has 40 heavy (non-hydrogen) atoms. The van der Waals surface area contributed by atoms with Gasteiger partial charge in [0.05, 0.1) is 30.9 Å². The van der Waals surface area contributed by atoms with Crippen molar-refractivity contribution >= 4 is 17.9 Å². The molecule has 0 amide bonds. The minimum absolute atomic E-state index is 0.0461. The molecule has 0 aliphatic carbocycles. The molecule has 9 heteroatoms. The fourth-order valence-electron chi connectivity index (χ4n) is 3.29. The lowest BCUT2D eigenvalue weighted by Crippen LogP contribution is -2.11. The molecule has 0 saturated carbocycles. The summed E-state index contributed by atoms with van der Waals surface area (Å²) in [7, 11) is 0. The summed E-state index contributed by atoms with van der Waals surface area (Å²) in [4.78, 5) is 36.5. The molecular weight excluding hydrogens is 516 g/mol. The Labute approximate surface area is 232 Å². The van der Waals surface area contributed by atoms with E-state index in [-0.39, 0.29) is 13.2 Å². The second-order valence-corrected chi connectivity index (χ2v) is 8.80. The number of esters is 3. The summed E-state index contributed by atoms with van der Waals surface area (Å²) in [5.74, 6) is 0.272. The van der Waals surface area contributed by atoms with E-state index in [1.807, 2.05) is 0 Å². The molecule has 0 aliphatic rings. The van der Waals surface area contributed by atoms with Crippen LogP contribution in [0.25, 0.3) is 0 Å².